The van der Waals surface area contributed by atoms with Gasteiger partial charge in [-0.2, -0.15) is 0 Å². The van der Waals surface area contributed by atoms with Gasteiger partial charge in [0.15, 0.2) is 5.89 Å². The van der Waals surface area contributed by atoms with Gasteiger partial charge < -0.3 is 9.73 Å². The van der Waals surface area contributed by atoms with Crippen molar-refractivity contribution >= 4 is 11.6 Å². The van der Waals surface area contributed by atoms with Gasteiger partial charge in [-0.3, -0.25) is 4.79 Å². The molecule has 1 aliphatic carbocycles. The SMILES string of the molecule is Cc1nc(-c2cc(NC(=O)CC3CCC3)ccc2C)co1. The Morgan fingerprint density at radius 1 is 1.38 bits per heavy atom. The number of benzene rings is 1. The Bertz CT molecular complexity index is 657. The summed E-state index contributed by atoms with van der Waals surface area (Å²) >= 11 is 0. The smallest absolute Gasteiger partial charge is 0.224 e. The second kappa shape index (κ2) is 5.72. The van der Waals surface area contributed by atoms with E-state index < -0.39 is 0 Å². The summed E-state index contributed by atoms with van der Waals surface area (Å²) in [6, 6.07) is 5.90. The van der Waals surface area contributed by atoms with Gasteiger partial charge in [-0.25, -0.2) is 4.98 Å². The third kappa shape index (κ3) is 3.15. The van der Waals surface area contributed by atoms with Gasteiger partial charge in [-0.05, 0) is 43.4 Å². The van der Waals surface area contributed by atoms with Gasteiger partial charge >= 0.3 is 0 Å². The van der Waals surface area contributed by atoms with Crippen LogP contribution in [-0.2, 0) is 4.79 Å². The number of anilines is 1. The molecule has 0 unspecified atom stereocenters. The molecule has 4 nitrogen and oxygen atoms in total. The number of aromatic nitrogens is 1. The van der Waals surface area contributed by atoms with E-state index in [0.29, 0.717) is 18.2 Å². The third-order valence-electron chi connectivity index (χ3n) is 4.12. The standard InChI is InChI=1S/C17H20N2O2/c1-11-6-7-14(19-17(20)8-13-4-3-5-13)9-15(11)16-10-21-12(2)18-16/h6-7,9-10,13H,3-5,8H2,1-2H3,(H,19,20). The molecule has 0 aliphatic heterocycles. The number of carbonyl (C=O) groups is 1. The normalized spacial score (nSPS) is 14.8. The molecule has 1 aromatic heterocycles. The molecule has 1 aliphatic rings. The second-order valence-electron chi connectivity index (χ2n) is 5.83. The van der Waals surface area contributed by atoms with Crippen molar-refractivity contribution < 1.29 is 9.21 Å². The summed E-state index contributed by atoms with van der Waals surface area (Å²) in [5.74, 6) is 1.32. The second-order valence-corrected chi connectivity index (χ2v) is 5.83. The van der Waals surface area contributed by atoms with Crippen LogP contribution in [0, 0.1) is 19.8 Å². The average Bonchev–Trinajstić information content (AvgIpc) is 2.83. The average molecular weight is 284 g/mol. The molecular weight excluding hydrogens is 264 g/mol. The molecule has 0 bridgehead atoms. The maximum Gasteiger partial charge on any atom is 0.224 e. The minimum atomic E-state index is 0.103. The third-order valence-corrected chi connectivity index (χ3v) is 4.12. The van der Waals surface area contributed by atoms with Gasteiger partial charge in [0.1, 0.15) is 12.0 Å². The first-order valence-electron chi connectivity index (χ1n) is 7.45. The maximum absolute atomic E-state index is 12.0. The van der Waals surface area contributed by atoms with Crippen molar-refractivity contribution in [1.29, 1.82) is 0 Å². The van der Waals surface area contributed by atoms with Crippen LogP contribution in [0.3, 0.4) is 0 Å². The van der Waals surface area contributed by atoms with E-state index >= 15 is 0 Å². The van der Waals surface area contributed by atoms with Gasteiger partial charge in [0.25, 0.3) is 0 Å². The first-order valence-corrected chi connectivity index (χ1v) is 7.45. The van der Waals surface area contributed by atoms with Crippen molar-refractivity contribution in [2.45, 2.75) is 39.5 Å². The van der Waals surface area contributed by atoms with Gasteiger partial charge in [0.05, 0.1) is 0 Å². The number of carbonyl (C=O) groups excluding carboxylic acids is 1. The van der Waals surface area contributed by atoms with Gasteiger partial charge in [-0.1, -0.05) is 12.5 Å². The van der Waals surface area contributed by atoms with E-state index in [-0.39, 0.29) is 5.91 Å². The molecule has 1 aromatic carbocycles. The fraction of sp³-hybridized carbons (Fsp3) is 0.412. The van der Waals surface area contributed by atoms with Crippen molar-refractivity contribution in [3.63, 3.8) is 0 Å². The van der Waals surface area contributed by atoms with E-state index in [1.54, 1.807) is 6.26 Å². The zero-order valence-corrected chi connectivity index (χ0v) is 12.5. The quantitative estimate of drug-likeness (QED) is 0.920. The van der Waals surface area contributed by atoms with E-state index in [9.17, 15) is 4.79 Å². The first kappa shape index (κ1) is 13.9. The molecule has 0 atom stereocenters. The fourth-order valence-corrected chi connectivity index (χ4v) is 2.63. The van der Waals surface area contributed by atoms with E-state index in [1.807, 2.05) is 32.0 Å². The molecule has 2 aromatic rings. The highest BCUT2D eigenvalue weighted by molar-refractivity contribution is 5.91. The Labute approximate surface area is 124 Å². The highest BCUT2D eigenvalue weighted by Gasteiger charge is 2.20. The Hall–Kier alpha value is -2.10. The monoisotopic (exact) mass is 284 g/mol. The number of rotatable bonds is 4. The molecular formula is C17H20N2O2. The molecule has 1 heterocycles. The highest BCUT2D eigenvalue weighted by atomic mass is 16.3. The lowest BCUT2D eigenvalue weighted by molar-refractivity contribution is -0.117. The minimum absolute atomic E-state index is 0.103. The van der Waals surface area contributed by atoms with Crippen molar-refractivity contribution in [2.24, 2.45) is 5.92 Å². The Balaban J connectivity index is 1.75. The molecule has 4 heteroatoms. The molecule has 1 N–H and O–H groups in total. The largest absolute Gasteiger partial charge is 0.449 e. The summed E-state index contributed by atoms with van der Waals surface area (Å²) in [6.07, 6.45) is 5.91. The lowest BCUT2D eigenvalue weighted by Gasteiger charge is -2.24. The number of nitrogens with one attached hydrogen (secondary N) is 1. The van der Waals surface area contributed by atoms with Gasteiger partial charge in [0, 0.05) is 24.6 Å². The molecule has 0 spiro atoms. The number of hydrogen-bond donors (Lipinski definition) is 1. The predicted molar refractivity (Wildman–Crippen MR) is 82.0 cm³/mol. The predicted octanol–water partition coefficient (Wildman–Crippen LogP) is 4.09. The summed E-state index contributed by atoms with van der Waals surface area (Å²) in [4.78, 5) is 16.4. The van der Waals surface area contributed by atoms with Crippen molar-refractivity contribution in [3.05, 3.63) is 35.9 Å². The molecule has 21 heavy (non-hydrogen) atoms. The van der Waals surface area contributed by atoms with Crippen LogP contribution in [0.2, 0.25) is 0 Å². The van der Waals surface area contributed by atoms with Gasteiger partial charge in [0.2, 0.25) is 5.91 Å². The van der Waals surface area contributed by atoms with Gasteiger partial charge in [-0.15, -0.1) is 0 Å². The number of amides is 1. The molecule has 1 amide bonds. The first-order chi connectivity index (χ1) is 10.1. The minimum Gasteiger partial charge on any atom is -0.449 e. The summed E-state index contributed by atoms with van der Waals surface area (Å²) in [5.41, 5.74) is 3.73. The summed E-state index contributed by atoms with van der Waals surface area (Å²) in [5, 5.41) is 2.99. The number of nitrogens with zero attached hydrogens (tertiary/aromatic N) is 1. The Morgan fingerprint density at radius 2 is 2.19 bits per heavy atom. The lowest BCUT2D eigenvalue weighted by Crippen LogP contribution is -2.20. The zero-order valence-electron chi connectivity index (χ0n) is 12.5. The van der Waals surface area contributed by atoms with Crippen LogP contribution >= 0.6 is 0 Å². The van der Waals surface area contributed by atoms with Crippen molar-refractivity contribution in [1.82, 2.24) is 4.98 Å². The summed E-state index contributed by atoms with van der Waals surface area (Å²) in [7, 11) is 0. The zero-order chi connectivity index (χ0) is 14.8. The van der Waals surface area contributed by atoms with E-state index in [4.69, 9.17) is 4.42 Å². The van der Waals surface area contributed by atoms with Crippen molar-refractivity contribution in [3.8, 4) is 11.3 Å². The van der Waals surface area contributed by atoms with E-state index in [0.717, 1.165) is 22.5 Å². The number of hydrogen-bond acceptors (Lipinski definition) is 3. The maximum atomic E-state index is 12.0. The topological polar surface area (TPSA) is 55.1 Å². The fourth-order valence-electron chi connectivity index (χ4n) is 2.63. The van der Waals surface area contributed by atoms with Crippen LogP contribution in [0.5, 0.6) is 0 Å². The van der Waals surface area contributed by atoms with E-state index in [1.165, 1.54) is 19.3 Å². The van der Waals surface area contributed by atoms with Crippen LogP contribution in [-0.4, -0.2) is 10.9 Å². The van der Waals surface area contributed by atoms with Crippen LogP contribution in [0.15, 0.2) is 28.9 Å². The van der Waals surface area contributed by atoms with Crippen LogP contribution < -0.4 is 5.32 Å². The number of oxazole rings is 1. The molecule has 110 valence electrons. The lowest BCUT2D eigenvalue weighted by atomic mass is 9.83. The molecule has 0 saturated heterocycles. The number of aryl methyl sites for hydroxylation is 2. The molecule has 1 fully saturated rings. The van der Waals surface area contributed by atoms with Crippen LogP contribution in [0.25, 0.3) is 11.3 Å². The summed E-state index contributed by atoms with van der Waals surface area (Å²) in [6.45, 7) is 3.85. The molecule has 0 radical (unpaired) electrons. The molecule has 1 saturated carbocycles. The van der Waals surface area contributed by atoms with E-state index in [2.05, 4.69) is 10.3 Å². The Kier molecular flexibility index (Phi) is 3.78. The Morgan fingerprint density at radius 3 is 2.81 bits per heavy atom. The van der Waals surface area contributed by atoms with Crippen molar-refractivity contribution in [2.75, 3.05) is 5.32 Å². The van der Waals surface area contributed by atoms with Crippen LogP contribution in [0.4, 0.5) is 5.69 Å². The van der Waals surface area contributed by atoms with Crippen LogP contribution in [0.1, 0.15) is 37.1 Å². The highest BCUT2D eigenvalue weighted by Crippen LogP contribution is 2.30. The summed E-state index contributed by atoms with van der Waals surface area (Å²) < 4.78 is 5.27. The molecule has 3 rings (SSSR count).